The van der Waals surface area contributed by atoms with E-state index in [2.05, 4.69) is 27.0 Å². The van der Waals surface area contributed by atoms with Gasteiger partial charge in [0.05, 0.1) is 0 Å². The van der Waals surface area contributed by atoms with Gasteiger partial charge in [0.15, 0.2) is 0 Å². The van der Waals surface area contributed by atoms with E-state index >= 15 is 0 Å². The van der Waals surface area contributed by atoms with Crippen molar-refractivity contribution in [1.29, 1.82) is 0 Å². The number of allylic oxidation sites excluding steroid dienone is 2. The molecule has 2 unspecified atom stereocenters. The van der Waals surface area contributed by atoms with E-state index in [9.17, 15) is 0 Å². The lowest BCUT2D eigenvalue weighted by Crippen LogP contribution is -2.45. The van der Waals surface area contributed by atoms with Crippen molar-refractivity contribution in [2.75, 3.05) is 0 Å². The van der Waals surface area contributed by atoms with E-state index in [0.29, 0.717) is 0 Å². The summed E-state index contributed by atoms with van der Waals surface area (Å²) in [6.45, 7) is 13.8. The van der Waals surface area contributed by atoms with Crippen LogP contribution in [-0.4, -0.2) is 0 Å². The van der Waals surface area contributed by atoms with Crippen LogP contribution in [0.4, 0.5) is 0 Å². The van der Waals surface area contributed by atoms with E-state index in [0.717, 1.165) is 35.5 Å². The first-order chi connectivity index (χ1) is 8.58. The molecule has 0 radical (unpaired) electrons. The van der Waals surface area contributed by atoms with Gasteiger partial charge in [-0.3, -0.25) is 0 Å². The molecule has 3 saturated carbocycles. The van der Waals surface area contributed by atoms with E-state index < -0.39 is 0 Å². The smallest absolute Gasteiger partial charge is 0.0107 e. The summed E-state index contributed by atoms with van der Waals surface area (Å²) in [5.41, 5.74) is 3.12. The van der Waals surface area contributed by atoms with Crippen molar-refractivity contribution in [2.24, 2.45) is 35.5 Å². The zero-order valence-electron chi connectivity index (χ0n) is 12.1. The SMILES string of the molecule is C=C1CCC[C@H]2C1[C@H]1C(=C)C[C@H](C)CC1C[C@@H]2C. The van der Waals surface area contributed by atoms with Gasteiger partial charge in [-0.15, -0.1) is 0 Å². The Labute approximate surface area is 113 Å². The summed E-state index contributed by atoms with van der Waals surface area (Å²) in [7, 11) is 0. The largest absolute Gasteiger partial charge is 0.0995 e. The van der Waals surface area contributed by atoms with Gasteiger partial charge < -0.3 is 0 Å². The van der Waals surface area contributed by atoms with Gasteiger partial charge in [0.2, 0.25) is 0 Å². The lowest BCUT2D eigenvalue weighted by molar-refractivity contribution is 0.0367. The summed E-state index contributed by atoms with van der Waals surface area (Å²) >= 11 is 0. The first kappa shape index (κ1) is 12.5. The lowest BCUT2D eigenvalue weighted by atomic mass is 9.52. The van der Waals surface area contributed by atoms with Crippen LogP contribution < -0.4 is 0 Å². The molecular formula is C18H28. The molecule has 3 aliphatic carbocycles. The van der Waals surface area contributed by atoms with Crippen LogP contribution in [0.2, 0.25) is 0 Å². The Bertz CT molecular complexity index is 364. The Morgan fingerprint density at radius 3 is 2.56 bits per heavy atom. The highest BCUT2D eigenvalue weighted by molar-refractivity contribution is 5.21. The molecule has 0 N–H and O–H groups in total. The Kier molecular flexibility index (Phi) is 3.16. The second kappa shape index (κ2) is 4.54. The lowest BCUT2D eigenvalue weighted by Gasteiger charge is -2.53. The minimum atomic E-state index is 0.785. The monoisotopic (exact) mass is 244 g/mol. The molecule has 0 spiro atoms. The molecule has 0 bridgehead atoms. The second-order valence-corrected chi connectivity index (χ2v) is 7.44. The molecule has 100 valence electrons. The Morgan fingerprint density at radius 2 is 1.78 bits per heavy atom. The fourth-order valence-corrected chi connectivity index (χ4v) is 5.48. The second-order valence-electron chi connectivity index (χ2n) is 7.44. The van der Waals surface area contributed by atoms with Crippen molar-refractivity contribution in [3.8, 4) is 0 Å². The standard InChI is InChI=1S/C18H28/c1-11-8-14(4)17-15(9-11)10-13(3)16-7-5-6-12(2)18(16)17/h11,13,15-18H,2,4-10H2,1,3H3/t11-,13-,15?,16+,17-,18?/m0/s1. The third-order valence-electron chi connectivity index (χ3n) is 6.06. The molecule has 3 fully saturated rings. The van der Waals surface area contributed by atoms with Crippen LogP contribution in [0.1, 0.15) is 52.4 Å². The number of hydrogen-bond acceptors (Lipinski definition) is 0. The maximum absolute atomic E-state index is 4.46. The normalized spacial score (nSPS) is 48.6. The molecule has 0 nitrogen and oxygen atoms in total. The zero-order valence-corrected chi connectivity index (χ0v) is 12.1. The minimum Gasteiger partial charge on any atom is -0.0995 e. The van der Waals surface area contributed by atoms with Crippen molar-refractivity contribution in [3.63, 3.8) is 0 Å². The van der Waals surface area contributed by atoms with Crippen molar-refractivity contribution in [1.82, 2.24) is 0 Å². The zero-order chi connectivity index (χ0) is 12.9. The maximum atomic E-state index is 4.46. The molecule has 0 amide bonds. The fourth-order valence-electron chi connectivity index (χ4n) is 5.48. The van der Waals surface area contributed by atoms with Crippen LogP contribution in [0, 0.1) is 35.5 Å². The van der Waals surface area contributed by atoms with E-state index in [1.165, 1.54) is 38.5 Å². The van der Waals surface area contributed by atoms with Crippen LogP contribution in [-0.2, 0) is 0 Å². The van der Waals surface area contributed by atoms with Gasteiger partial charge in [0.1, 0.15) is 0 Å². The number of rotatable bonds is 0. The van der Waals surface area contributed by atoms with Gasteiger partial charge >= 0.3 is 0 Å². The van der Waals surface area contributed by atoms with E-state index in [1.807, 2.05) is 0 Å². The van der Waals surface area contributed by atoms with Crippen molar-refractivity contribution >= 4 is 0 Å². The van der Waals surface area contributed by atoms with Crippen molar-refractivity contribution in [2.45, 2.75) is 52.4 Å². The molecule has 3 rings (SSSR count). The molecule has 3 aliphatic rings. The Morgan fingerprint density at radius 1 is 1.00 bits per heavy atom. The maximum Gasteiger partial charge on any atom is -0.0107 e. The topological polar surface area (TPSA) is 0 Å². The molecular weight excluding hydrogens is 216 g/mol. The van der Waals surface area contributed by atoms with Crippen LogP contribution in [0.5, 0.6) is 0 Å². The predicted molar refractivity (Wildman–Crippen MR) is 78.3 cm³/mol. The summed E-state index contributed by atoms with van der Waals surface area (Å²) in [4.78, 5) is 0. The van der Waals surface area contributed by atoms with Crippen molar-refractivity contribution < 1.29 is 0 Å². The van der Waals surface area contributed by atoms with Gasteiger partial charge in [-0.2, -0.15) is 0 Å². The summed E-state index contributed by atoms with van der Waals surface area (Å²) in [5.74, 6) is 5.17. The molecule has 0 heteroatoms. The minimum absolute atomic E-state index is 0.785. The van der Waals surface area contributed by atoms with E-state index in [1.54, 1.807) is 11.1 Å². The molecule has 0 aromatic heterocycles. The molecule has 0 aromatic carbocycles. The molecule has 0 saturated heterocycles. The predicted octanol–water partition coefficient (Wildman–Crippen LogP) is 5.22. The van der Waals surface area contributed by atoms with Gasteiger partial charge in [-0.1, -0.05) is 38.2 Å². The Balaban J connectivity index is 1.92. The summed E-state index contributed by atoms with van der Waals surface area (Å²) in [5, 5.41) is 0. The fraction of sp³-hybridized carbons (Fsp3) is 0.778. The molecule has 18 heavy (non-hydrogen) atoms. The summed E-state index contributed by atoms with van der Waals surface area (Å²) < 4.78 is 0. The number of hydrogen-bond donors (Lipinski definition) is 0. The summed E-state index contributed by atoms with van der Waals surface area (Å²) in [6.07, 6.45) is 8.25. The molecule has 0 heterocycles. The van der Waals surface area contributed by atoms with Crippen LogP contribution in [0.25, 0.3) is 0 Å². The molecule has 0 aliphatic heterocycles. The molecule has 0 aromatic rings. The highest BCUT2D eigenvalue weighted by Crippen LogP contribution is 2.56. The van der Waals surface area contributed by atoms with Crippen molar-refractivity contribution in [3.05, 3.63) is 24.3 Å². The quantitative estimate of drug-likeness (QED) is 0.513. The first-order valence-electron chi connectivity index (χ1n) is 7.93. The van der Waals surface area contributed by atoms with Gasteiger partial charge in [-0.05, 0) is 74.0 Å². The first-order valence-corrected chi connectivity index (χ1v) is 7.93. The van der Waals surface area contributed by atoms with Crippen LogP contribution in [0.15, 0.2) is 24.3 Å². The van der Waals surface area contributed by atoms with Crippen LogP contribution in [0.3, 0.4) is 0 Å². The average Bonchev–Trinajstić information content (AvgIpc) is 2.29. The van der Waals surface area contributed by atoms with Crippen LogP contribution >= 0.6 is 0 Å². The van der Waals surface area contributed by atoms with Gasteiger partial charge in [0, 0.05) is 0 Å². The van der Waals surface area contributed by atoms with Gasteiger partial charge in [0.25, 0.3) is 0 Å². The third kappa shape index (κ3) is 1.89. The van der Waals surface area contributed by atoms with Gasteiger partial charge in [-0.25, -0.2) is 0 Å². The van der Waals surface area contributed by atoms with E-state index in [-0.39, 0.29) is 0 Å². The highest BCUT2D eigenvalue weighted by Gasteiger charge is 2.47. The highest BCUT2D eigenvalue weighted by atomic mass is 14.5. The summed E-state index contributed by atoms with van der Waals surface area (Å²) in [6, 6.07) is 0. The Hall–Kier alpha value is -0.520. The average molecular weight is 244 g/mol. The number of fused-ring (bicyclic) bond motifs is 3. The molecule has 6 atom stereocenters. The third-order valence-corrected chi connectivity index (χ3v) is 6.06. The van der Waals surface area contributed by atoms with E-state index in [4.69, 9.17) is 0 Å².